The Balaban J connectivity index is 1.59. The molecule has 6 nitrogen and oxygen atoms in total. The molecule has 1 amide bonds. The van der Waals surface area contributed by atoms with Crippen molar-refractivity contribution in [3.05, 3.63) is 82.4 Å². The van der Waals surface area contributed by atoms with E-state index in [1.807, 2.05) is 6.92 Å². The molecule has 1 N–H and O–H groups in total. The van der Waals surface area contributed by atoms with Gasteiger partial charge in [-0.1, -0.05) is 12.1 Å². The number of pyridine rings is 1. The molecule has 2 aromatic carbocycles. The molecule has 32 heavy (non-hydrogen) atoms. The van der Waals surface area contributed by atoms with E-state index in [4.69, 9.17) is 4.74 Å². The molecule has 2 heterocycles. The Labute approximate surface area is 186 Å². The standard InChI is InChI=1S/C25H24FN3O3/c1-3-32-24-10-17(7-8-20(24)16-5-4-6-19(26)9-16)25(31)29(2)14-18-11-28-23(15-30)22-13-27-12-21(18)22/h4-11,13,30H,3,12,14-15H2,1-2H3. The van der Waals surface area contributed by atoms with Crippen LogP contribution in [0.4, 0.5) is 4.39 Å². The number of fused-ring (bicyclic) bond motifs is 1. The fourth-order valence-corrected chi connectivity index (χ4v) is 3.85. The first kappa shape index (κ1) is 21.6. The van der Waals surface area contributed by atoms with E-state index in [0.717, 1.165) is 22.3 Å². The van der Waals surface area contributed by atoms with Gasteiger partial charge in [0.05, 0.1) is 25.5 Å². The van der Waals surface area contributed by atoms with Gasteiger partial charge in [0.2, 0.25) is 0 Å². The minimum absolute atomic E-state index is 0.152. The average Bonchev–Trinajstić information content (AvgIpc) is 3.29. The second-order valence-electron chi connectivity index (χ2n) is 7.57. The van der Waals surface area contributed by atoms with Crippen molar-refractivity contribution in [1.29, 1.82) is 0 Å². The van der Waals surface area contributed by atoms with Gasteiger partial charge in [-0.25, -0.2) is 4.39 Å². The molecule has 1 aliphatic rings. The number of amides is 1. The summed E-state index contributed by atoms with van der Waals surface area (Å²) in [5.41, 5.74) is 5.20. The lowest BCUT2D eigenvalue weighted by Crippen LogP contribution is -2.27. The van der Waals surface area contributed by atoms with E-state index in [-0.39, 0.29) is 18.3 Å². The summed E-state index contributed by atoms with van der Waals surface area (Å²) >= 11 is 0. The number of ether oxygens (including phenoxy) is 1. The lowest BCUT2D eigenvalue weighted by molar-refractivity contribution is 0.0784. The number of aliphatic hydroxyl groups is 1. The highest BCUT2D eigenvalue weighted by Gasteiger charge is 2.20. The molecular weight excluding hydrogens is 409 g/mol. The van der Waals surface area contributed by atoms with Crippen molar-refractivity contribution in [2.75, 3.05) is 13.7 Å². The largest absolute Gasteiger partial charge is 0.493 e. The van der Waals surface area contributed by atoms with Gasteiger partial charge in [0.1, 0.15) is 11.6 Å². The van der Waals surface area contributed by atoms with Gasteiger partial charge >= 0.3 is 0 Å². The quantitative estimate of drug-likeness (QED) is 0.612. The number of aromatic nitrogens is 1. The van der Waals surface area contributed by atoms with Crippen LogP contribution in [0.5, 0.6) is 5.75 Å². The monoisotopic (exact) mass is 433 g/mol. The summed E-state index contributed by atoms with van der Waals surface area (Å²) in [4.78, 5) is 23.4. The SMILES string of the molecule is CCOc1cc(C(=O)N(C)Cc2cnc(CO)c3c2CN=C3)ccc1-c1cccc(F)c1. The first-order valence-corrected chi connectivity index (χ1v) is 10.4. The summed E-state index contributed by atoms with van der Waals surface area (Å²) in [5.74, 6) is 0.0263. The number of halogens is 1. The van der Waals surface area contributed by atoms with Gasteiger partial charge in [0.15, 0.2) is 0 Å². The van der Waals surface area contributed by atoms with Crippen LogP contribution in [0.2, 0.25) is 0 Å². The molecule has 0 aliphatic carbocycles. The minimum Gasteiger partial charge on any atom is -0.493 e. The number of nitrogens with zero attached hydrogens (tertiary/aromatic N) is 3. The number of rotatable bonds is 7. The predicted octanol–water partition coefficient (Wildman–Crippen LogP) is 3.98. The van der Waals surface area contributed by atoms with Gasteiger partial charge in [-0.3, -0.25) is 14.8 Å². The Morgan fingerprint density at radius 1 is 1.25 bits per heavy atom. The van der Waals surface area contributed by atoms with Crippen molar-refractivity contribution in [3.8, 4) is 16.9 Å². The number of aliphatic imine (C=N–C) groups is 1. The number of benzene rings is 2. The first-order valence-electron chi connectivity index (χ1n) is 10.4. The molecule has 7 heteroatoms. The lowest BCUT2D eigenvalue weighted by Gasteiger charge is -2.20. The van der Waals surface area contributed by atoms with Gasteiger partial charge < -0.3 is 14.7 Å². The molecule has 0 saturated carbocycles. The Kier molecular flexibility index (Phi) is 6.28. The molecular formula is C25H24FN3O3. The maximum absolute atomic E-state index is 13.7. The summed E-state index contributed by atoms with van der Waals surface area (Å²) in [7, 11) is 1.73. The summed E-state index contributed by atoms with van der Waals surface area (Å²) in [6, 6.07) is 11.5. The highest BCUT2D eigenvalue weighted by atomic mass is 19.1. The zero-order valence-corrected chi connectivity index (χ0v) is 18.0. The average molecular weight is 433 g/mol. The van der Waals surface area contributed by atoms with Gasteiger partial charge in [0.25, 0.3) is 5.91 Å². The maximum atomic E-state index is 13.7. The molecule has 1 aliphatic heterocycles. The van der Waals surface area contributed by atoms with Gasteiger partial charge in [-0.15, -0.1) is 0 Å². The Bertz CT molecular complexity index is 1190. The molecule has 0 atom stereocenters. The van der Waals surface area contributed by atoms with Crippen LogP contribution in [0.25, 0.3) is 11.1 Å². The Hall–Kier alpha value is -3.58. The van der Waals surface area contributed by atoms with E-state index in [1.165, 1.54) is 12.1 Å². The van der Waals surface area contributed by atoms with Crippen molar-refractivity contribution in [3.63, 3.8) is 0 Å². The second kappa shape index (κ2) is 9.28. The van der Waals surface area contributed by atoms with Crippen molar-refractivity contribution in [2.45, 2.75) is 26.6 Å². The predicted molar refractivity (Wildman–Crippen MR) is 120 cm³/mol. The smallest absolute Gasteiger partial charge is 0.254 e. The van der Waals surface area contributed by atoms with Crippen molar-refractivity contribution in [1.82, 2.24) is 9.88 Å². The third-order valence-electron chi connectivity index (χ3n) is 5.44. The highest BCUT2D eigenvalue weighted by Crippen LogP contribution is 2.32. The van der Waals surface area contributed by atoms with E-state index in [0.29, 0.717) is 42.3 Å². The van der Waals surface area contributed by atoms with Gasteiger partial charge in [0, 0.05) is 42.7 Å². The molecule has 1 aromatic heterocycles. The van der Waals surface area contributed by atoms with Crippen LogP contribution >= 0.6 is 0 Å². The summed E-state index contributed by atoms with van der Waals surface area (Å²) in [6.45, 7) is 3.01. The van der Waals surface area contributed by atoms with Crippen LogP contribution in [0.15, 0.2) is 53.7 Å². The molecule has 0 unspecified atom stereocenters. The molecule has 0 bridgehead atoms. The van der Waals surface area contributed by atoms with Crippen LogP contribution in [0.3, 0.4) is 0 Å². The zero-order valence-electron chi connectivity index (χ0n) is 18.0. The van der Waals surface area contributed by atoms with E-state index >= 15 is 0 Å². The summed E-state index contributed by atoms with van der Waals surface area (Å²) in [6.07, 6.45) is 3.42. The summed E-state index contributed by atoms with van der Waals surface area (Å²) < 4.78 is 19.5. The van der Waals surface area contributed by atoms with E-state index in [2.05, 4.69) is 9.98 Å². The topological polar surface area (TPSA) is 75.0 Å². The first-order chi connectivity index (χ1) is 15.5. The van der Waals surface area contributed by atoms with Crippen LogP contribution in [0, 0.1) is 5.82 Å². The normalized spacial score (nSPS) is 12.0. The van der Waals surface area contributed by atoms with Crippen molar-refractivity contribution >= 4 is 12.1 Å². The van der Waals surface area contributed by atoms with Crippen LogP contribution in [0.1, 0.15) is 39.7 Å². The number of carbonyl (C=O) groups is 1. The lowest BCUT2D eigenvalue weighted by atomic mass is 10.0. The summed E-state index contributed by atoms with van der Waals surface area (Å²) in [5, 5.41) is 9.48. The van der Waals surface area contributed by atoms with Crippen LogP contribution in [-0.2, 0) is 19.7 Å². The van der Waals surface area contributed by atoms with Crippen molar-refractivity contribution < 1.29 is 19.0 Å². The number of carbonyl (C=O) groups excluding carboxylic acids is 1. The molecule has 0 saturated heterocycles. The molecule has 4 rings (SSSR count). The third-order valence-corrected chi connectivity index (χ3v) is 5.44. The molecule has 3 aromatic rings. The van der Waals surface area contributed by atoms with Gasteiger partial charge in [-0.05, 0) is 53.9 Å². The minimum atomic E-state index is -0.331. The zero-order chi connectivity index (χ0) is 22.7. The molecule has 0 radical (unpaired) electrons. The molecule has 0 spiro atoms. The fraction of sp³-hybridized carbons (Fsp3) is 0.240. The van der Waals surface area contributed by atoms with Crippen LogP contribution in [-0.4, -0.2) is 40.8 Å². The van der Waals surface area contributed by atoms with Crippen LogP contribution < -0.4 is 4.74 Å². The molecule has 0 fully saturated rings. The van der Waals surface area contributed by atoms with E-state index in [1.54, 1.807) is 54.7 Å². The van der Waals surface area contributed by atoms with E-state index in [9.17, 15) is 14.3 Å². The van der Waals surface area contributed by atoms with Gasteiger partial charge in [-0.2, -0.15) is 0 Å². The fourth-order valence-electron chi connectivity index (χ4n) is 3.85. The second-order valence-corrected chi connectivity index (χ2v) is 7.57. The number of aliphatic hydroxyl groups excluding tert-OH is 1. The highest BCUT2D eigenvalue weighted by molar-refractivity contribution is 5.95. The van der Waals surface area contributed by atoms with Crippen molar-refractivity contribution in [2.24, 2.45) is 4.99 Å². The Morgan fingerprint density at radius 3 is 2.84 bits per heavy atom. The maximum Gasteiger partial charge on any atom is 0.254 e. The number of hydrogen-bond donors (Lipinski definition) is 1. The third kappa shape index (κ3) is 4.24. The molecule has 164 valence electrons. The number of hydrogen-bond acceptors (Lipinski definition) is 5. The van der Waals surface area contributed by atoms with E-state index < -0.39 is 0 Å². The Morgan fingerprint density at radius 2 is 2.09 bits per heavy atom.